The van der Waals surface area contributed by atoms with Crippen molar-refractivity contribution < 1.29 is 9.59 Å². The van der Waals surface area contributed by atoms with Crippen molar-refractivity contribution in [3.8, 4) is 0 Å². The molecule has 108 valence electrons. The average Bonchev–Trinajstić information content (AvgIpc) is 2.41. The van der Waals surface area contributed by atoms with Gasteiger partial charge in [-0.3, -0.25) is 4.79 Å². The number of carbonyl (C=O) groups is 2. The van der Waals surface area contributed by atoms with Gasteiger partial charge in [0.1, 0.15) is 0 Å². The van der Waals surface area contributed by atoms with E-state index in [1.54, 1.807) is 6.07 Å². The van der Waals surface area contributed by atoms with Gasteiger partial charge in [0.05, 0.1) is 6.04 Å². The van der Waals surface area contributed by atoms with Gasteiger partial charge in [-0.05, 0) is 29.0 Å². The molecule has 1 saturated heterocycles. The summed E-state index contributed by atoms with van der Waals surface area (Å²) in [6.07, 6.45) is 0. The van der Waals surface area contributed by atoms with Gasteiger partial charge in [0.2, 0.25) is 0 Å². The fourth-order valence-electron chi connectivity index (χ4n) is 2.40. The van der Waals surface area contributed by atoms with Crippen LogP contribution < -0.4 is 11.1 Å². The summed E-state index contributed by atoms with van der Waals surface area (Å²) in [6.45, 7) is 0.945. The van der Waals surface area contributed by atoms with Crippen LogP contribution in [0.4, 0.5) is 4.79 Å². The van der Waals surface area contributed by atoms with Crippen LogP contribution in [0.3, 0.4) is 0 Å². The van der Waals surface area contributed by atoms with Crippen molar-refractivity contribution in [2.24, 2.45) is 5.73 Å². The van der Waals surface area contributed by atoms with Gasteiger partial charge in [0, 0.05) is 23.1 Å². The molecule has 0 radical (unpaired) electrons. The van der Waals surface area contributed by atoms with E-state index in [9.17, 15) is 9.59 Å². The Bertz CT molecular complexity index is 726. The standard InChI is InChI=1S/C15H14BrN3O2/c16-13-3-1-2-9-6-10(4-5-12(9)13)14(20)18-11-7-19(8-11)15(17)21/h1-6,11H,7-8H2,(H2,17,21)(H,18,20). The Morgan fingerprint density at radius 2 is 2.00 bits per heavy atom. The number of rotatable bonds is 2. The lowest BCUT2D eigenvalue weighted by Crippen LogP contribution is -2.62. The third-order valence-corrected chi connectivity index (χ3v) is 4.31. The molecule has 1 heterocycles. The topological polar surface area (TPSA) is 75.4 Å². The average molecular weight is 348 g/mol. The quantitative estimate of drug-likeness (QED) is 0.872. The summed E-state index contributed by atoms with van der Waals surface area (Å²) in [4.78, 5) is 24.6. The lowest BCUT2D eigenvalue weighted by Gasteiger charge is -2.38. The predicted octanol–water partition coefficient (Wildman–Crippen LogP) is 2.10. The van der Waals surface area contributed by atoms with E-state index in [2.05, 4.69) is 21.2 Å². The van der Waals surface area contributed by atoms with Crippen LogP contribution in [0.5, 0.6) is 0 Å². The molecule has 1 aliphatic rings. The maximum Gasteiger partial charge on any atom is 0.314 e. The smallest absolute Gasteiger partial charge is 0.314 e. The molecule has 6 heteroatoms. The predicted molar refractivity (Wildman–Crippen MR) is 84.1 cm³/mol. The molecular formula is C15H14BrN3O2. The fraction of sp³-hybridized carbons (Fsp3) is 0.200. The van der Waals surface area contributed by atoms with E-state index >= 15 is 0 Å². The molecule has 0 saturated carbocycles. The van der Waals surface area contributed by atoms with E-state index in [4.69, 9.17) is 5.73 Å². The molecule has 1 fully saturated rings. The molecule has 1 aliphatic heterocycles. The van der Waals surface area contributed by atoms with Gasteiger partial charge in [-0.15, -0.1) is 0 Å². The molecule has 0 aliphatic carbocycles. The molecule has 3 N–H and O–H groups in total. The van der Waals surface area contributed by atoms with Gasteiger partial charge in [0.25, 0.3) is 5.91 Å². The third kappa shape index (κ3) is 2.71. The van der Waals surface area contributed by atoms with Crippen molar-refractivity contribution in [3.05, 3.63) is 46.4 Å². The highest BCUT2D eigenvalue weighted by molar-refractivity contribution is 9.10. The van der Waals surface area contributed by atoms with Crippen molar-refractivity contribution in [2.75, 3.05) is 13.1 Å². The molecule has 0 unspecified atom stereocenters. The van der Waals surface area contributed by atoms with Gasteiger partial charge < -0.3 is 16.0 Å². The Kier molecular flexibility index (Phi) is 3.55. The van der Waals surface area contributed by atoms with Gasteiger partial charge >= 0.3 is 6.03 Å². The van der Waals surface area contributed by atoms with Crippen LogP contribution in [-0.2, 0) is 0 Å². The maximum atomic E-state index is 12.2. The highest BCUT2D eigenvalue weighted by Crippen LogP contribution is 2.24. The van der Waals surface area contributed by atoms with E-state index in [0.29, 0.717) is 18.7 Å². The fourth-order valence-corrected chi connectivity index (χ4v) is 2.92. The second-order valence-electron chi connectivity index (χ2n) is 5.09. The second kappa shape index (κ2) is 5.37. The molecule has 0 aromatic heterocycles. The maximum absolute atomic E-state index is 12.2. The number of carbonyl (C=O) groups excluding carboxylic acids is 2. The Morgan fingerprint density at radius 3 is 2.71 bits per heavy atom. The molecule has 0 bridgehead atoms. The molecular weight excluding hydrogens is 334 g/mol. The minimum atomic E-state index is -0.448. The van der Waals surface area contributed by atoms with E-state index in [0.717, 1.165) is 15.2 Å². The van der Waals surface area contributed by atoms with Crippen LogP contribution in [0.2, 0.25) is 0 Å². The van der Waals surface area contributed by atoms with E-state index in [1.807, 2.05) is 30.3 Å². The van der Waals surface area contributed by atoms with E-state index in [-0.39, 0.29) is 11.9 Å². The number of amides is 3. The van der Waals surface area contributed by atoms with Crippen molar-refractivity contribution >= 4 is 38.6 Å². The van der Waals surface area contributed by atoms with Gasteiger partial charge in [-0.1, -0.05) is 34.1 Å². The molecule has 5 nitrogen and oxygen atoms in total. The van der Waals surface area contributed by atoms with Crippen molar-refractivity contribution in [1.29, 1.82) is 0 Å². The summed E-state index contributed by atoms with van der Waals surface area (Å²) in [7, 11) is 0. The van der Waals surface area contributed by atoms with Crippen LogP contribution in [0.1, 0.15) is 10.4 Å². The van der Waals surface area contributed by atoms with Crippen LogP contribution in [0.25, 0.3) is 10.8 Å². The van der Waals surface area contributed by atoms with Gasteiger partial charge in [-0.2, -0.15) is 0 Å². The molecule has 0 spiro atoms. The minimum absolute atomic E-state index is 0.0248. The molecule has 2 aromatic rings. The first kappa shape index (κ1) is 13.9. The van der Waals surface area contributed by atoms with Crippen LogP contribution in [0, 0.1) is 0 Å². The first-order valence-electron chi connectivity index (χ1n) is 6.58. The number of likely N-dealkylation sites (tertiary alicyclic amines) is 1. The number of hydrogen-bond donors (Lipinski definition) is 2. The normalized spacial score (nSPS) is 14.8. The molecule has 21 heavy (non-hydrogen) atoms. The Labute approximate surface area is 130 Å². The summed E-state index contributed by atoms with van der Waals surface area (Å²) in [6, 6.07) is 11.0. The Hall–Kier alpha value is -2.08. The summed E-state index contributed by atoms with van der Waals surface area (Å²) in [5.74, 6) is -0.133. The van der Waals surface area contributed by atoms with Crippen molar-refractivity contribution in [2.45, 2.75) is 6.04 Å². The molecule has 3 rings (SSSR count). The number of nitrogens with zero attached hydrogens (tertiary/aromatic N) is 1. The first-order valence-corrected chi connectivity index (χ1v) is 7.37. The Balaban J connectivity index is 1.72. The zero-order chi connectivity index (χ0) is 15.0. The molecule has 3 amide bonds. The number of benzene rings is 2. The number of halogens is 1. The lowest BCUT2D eigenvalue weighted by atomic mass is 10.1. The number of hydrogen-bond acceptors (Lipinski definition) is 2. The lowest BCUT2D eigenvalue weighted by molar-refractivity contribution is 0.0861. The number of fused-ring (bicyclic) bond motifs is 1. The van der Waals surface area contributed by atoms with E-state index < -0.39 is 6.03 Å². The highest BCUT2D eigenvalue weighted by atomic mass is 79.9. The largest absolute Gasteiger partial charge is 0.351 e. The summed E-state index contributed by atoms with van der Waals surface area (Å²) >= 11 is 3.49. The second-order valence-corrected chi connectivity index (χ2v) is 5.94. The number of urea groups is 1. The monoisotopic (exact) mass is 347 g/mol. The van der Waals surface area contributed by atoms with Crippen LogP contribution in [0.15, 0.2) is 40.9 Å². The van der Waals surface area contributed by atoms with Gasteiger partial charge in [0.15, 0.2) is 0 Å². The third-order valence-electron chi connectivity index (χ3n) is 3.62. The minimum Gasteiger partial charge on any atom is -0.351 e. The summed E-state index contributed by atoms with van der Waals surface area (Å²) in [5.41, 5.74) is 5.76. The zero-order valence-electron chi connectivity index (χ0n) is 11.2. The summed E-state index contributed by atoms with van der Waals surface area (Å²) in [5, 5.41) is 4.97. The molecule has 2 aromatic carbocycles. The Morgan fingerprint density at radius 1 is 1.24 bits per heavy atom. The van der Waals surface area contributed by atoms with Crippen molar-refractivity contribution in [3.63, 3.8) is 0 Å². The van der Waals surface area contributed by atoms with E-state index in [1.165, 1.54) is 4.90 Å². The summed E-state index contributed by atoms with van der Waals surface area (Å²) < 4.78 is 1.00. The molecule has 0 atom stereocenters. The van der Waals surface area contributed by atoms with Crippen LogP contribution >= 0.6 is 15.9 Å². The van der Waals surface area contributed by atoms with Gasteiger partial charge in [-0.25, -0.2) is 4.79 Å². The number of nitrogens with one attached hydrogen (secondary N) is 1. The SMILES string of the molecule is NC(=O)N1CC(NC(=O)c2ccc3c(Br)cccc3c2)C1. The zero-order valence-corrected chi connectivity index (χ0v) is 12.8. The highest BCUT2D eigenvalue weighted by Gasteiger charge is 2.30. The number of primary amides is 1. The van der Waals surface area contributed by atoms with Crippen LogP contribution in [-0.4, -0.2) is 36.0 Å². The first-order chi connectivity index (χ1) is 10.0. The van der Waals surface area contributed by atoms with Crippen molar-refractivity contribution in [1.82, 2.24) is 10.2 Å². The number of nitrogens with two attached hydrogens (primary N) is 1.